The Bertz CT molecular complexity index is 1040. The molecule has 1 aromatic rings. The number of anilines is 1. The van der Waals surface area contributed by atoms with Crippen molar-refractivity contribution in [3.8, 4) is 6.07 Å². The van der Waals surface area contributed by atoms with Crippen molar-refractivity contribution >= 4 is 46.1 Å². The summed E-state index contributed by atoms with van der Waals surface area (Å²) in [7, 11) is 0. The minimum atomic E-state index is -0.243. The number of thioether (sulfide) groups is 1. The number of pyridine rings is 1. The molecule has 6 nitrogen and oxygen atoms in total. The van der Waals surface area contributed by atoms with E-state index in [0.717, 1.165) is 56.6 Å². The quantitative estimate of drug-likeness (QED) is 0.424. The maximum absolute atomic E-state index is 13.2. The molecule has 2 aliphatic rings. The van der Waals surface area contributed by atoms with Crippen molar-refractivity contribution in [3.63, 3.8) is 0 Å². The molecule has 1 unspecified atom stereocenters. The first-order valence-corrected chi connectivity index (χ1v) is 12.7. The molecule has 32 heavy (non-hydrogen) atoms. The summed E-state index contributed by atoms with van der Waals surface area (Å²) in [6.45, 7) is 11.0. The Kier molecular flexibility index (Phi) is 8.18. The van der Waals surface area contributed by atoms with Crippen LogP contribution in [0.4, 0.5) is 5.82 Å². The summed E-state index contributed by atoms with van der Waals surface area (Å²) in [4.78, 5) is 30.8. The van der Waals surface area contributed by atoms with Gasteiger partial charge in [-0.3, -0.25) is 19.1 Å². The third kappa shape index (κ3) is 4.79. The van der Waals surface area contributed by atoms with Crippen molar-refractivity contribution in [2.24, 2.45) is 5.92 Å². The minimum absolute atomic E-state index is 0.0856. The average Bonchev–Trinajstić information content (AvgIpc) is 3.03. The standard InChI is InChI=1S/C24H32N4O2S2/c1-5-7-12-28-23(30)20(32-24(28)31)13-18-17(4)19(14-25)22(29)27(10-6-2)21(18)26-11-8-9-16(3)15-26/h13,16H,5-12,15H2,1-4H3. The van der Waals surface area contributed by atoms with Crippen LogP contribution < -0.4 is 10.5 Å². The predicted molar refractivity (Wildman–Crippen MR) is 136 cm³/mol. The maximum atomic E-state index is 13.2. The van der Waals surface area contributed by atoms with Crippen LogP contribution in [0.2, 0.25) is 0 Å². The second-order valence-corrected chi connectivity index (χ2v) is 10.4. The number of carbonyl (C=O) groups excluding carboxylic acids is 1. The molecule has 0 saturated carbocycles. The van der Waals surface area contributed by atoms with Crippen molar-refractivity contribution in [1.82, 2.24) is 9.47 Å². The Balaban J connectivity index is 2.20. The third-order valence-corrected chi connectivity index (χ3v) is 7.51. The number of aromatic nitrogens is 1. The number of hydrogen-bond donors (Lipinski definition) is 0. The molecule has 2 saturated heterocycles. The van der Waals surface area contributed by atoms with Gasteiger partial charge in [-0.15, -0.1) is 0 Å². The number of rotatable bonds is 7. The van der Waals surface area contributed by atoms with E-state index in [1.54, 1.807) is 9.47 Å². The Morgan fingerprint density at radius 1 is 1.25 bits per heavy atom. The van der Waals surface area contributed by atoms with Crippen LogP contribution >= 0.6 is 24.0 Å². The highest BCUT2D eigenvalue weighted by Gasteiger charge is 2.33. The molecule has 3 heterocycles. The summed E-state index contributed by atoms with van der Waals surface area (Å²) < 4.78 is 2.32. The minimum Gasteiger partial charge on any atom is -0.357 e. The van der Waals surface area contributed by atoms with E-state index < -0.39 is 0 Å². The summed E-state index contributed by atoms with van der Waals surface area (Å²) in [6, 6.07) is 2.11. The monoisotopic (exact) mass is 472 g/mol. The summed E-state index contributed by atoms with van der Waals surface area (Å²) in [5.41, 5.74) is 1.34. The van der Waals surface area contributed by atoms with E-state index in [1.165, 1.54) is 11.8 Å². The van der Waals surface area contributed by atoms with Crippen molar-refractivity contribution in [2.75, 3.05) is 24.5 Å². The molecule has 0 radical (unpaired) electrons. The molecule has 172 valence electrons. The molecule has 3 rings (SSSR count). The Morgan fingerprint density at radius 2 is 2.00 bits per heavy atom. The van der Waals surface area contributed by atoms with Gasteiger partial charge in [-0.1, -0.05) is 51.2 Å². The fourth-order valence-corrected chi connectivity index (χ4v) is 5.73. The maximum Gasteiger partial charge on any atom is 0.270 e. The molecular weight excluding hydrogens is 440 g/mol. The summed E-state index contributed by atoms with van der Waals surface area (Å²) in [5, 5.41) is 9.75. The number of nitrogens with zero attached hydrogens (tertiary/aromatic N) is 4. The molecule has 0 spiro atoms. The first-order valence-electron chi connectivity index (χ1n) is 11.5. The highest BCUT2D eigenvalue weighted by atomic mass is 32.2. The molecule has 1 amide bonds. The van der Waals surface area contributed by atoms with Gasteiger partial charge >= 0.3 is 0 Å². The van der Waals surface area contributed by atoms with Crippen LogP contribution in [0.25, 0.3) is 6.08 Å². The van der Waals surface area contributed by atoms with Crippen LogP contribution in [0.1, 0.15) is 69.6 Å². The zero-order valence-electron chi connectivity index (χ0n) is 19.4. The Morgan fingerprint density at radius 3 is 2.62 bits per heavy atom. The SMILES string of the molecule is CCCCN1C(=O)C(=Cc2c(C)c(C#N)c(=O)n(CCC)c2N2CCCC(C)C2)SC1=S. The molecule has 2 aliphatic heterocycles. The first kappa shape index (κ1) is 24.5. The lowest BCUT2D eigenvalue weighted by atomic mass is 9.98. The van der Waals surface area contributed by atoms with Crippen LogP contribution in [-0.4, -0.2) is 39.3 Å². The predicted octanol–water partition coefficient (Wildman–Crippen LogP) is 4.68. The van der Waals surface area contributed by atoms with Gasteiger partial charge in [0.2, 0.25) is 0 Å². The zero-order valence-corrected chi connectivity index (χ0v) is 21.1. The second kappa shape index (κ2) is 10.7. The van der Waals surface area contributed by atoms with Gasteiger partial charge in [-0.25, -0.2) is 0 Å². The number of thiocarbonyl (C=S) groups is 1. The Hall–Kier alpha value is -2.11. The van der Waals surface area contributed by atoms with E-state index in [1.807, 2.05) is 19.9 Å². The summed E-state index contributed by atoms with van der Waals surface area (Å²) in [5.74, 6) is 1.27. The van der Waals surface area contributed by atoms with Gasteiger partial charge in [-0.05, 0) is 50.2 Å². The second-order valence-electron chi connectivity index (χ2n) is 8.69. The molecular formula is C24H32N4O2S2. The van der Waals surface area contributed by atoms with E-state index >= 15 is 0 Å². The Labute approximate surface area is 200 Å². The zero-order chi connectivity index (χ0) is 23.4. The average molecular weight is 473 g/mol. The van der Waals surface area contributed by atoms with Crippen LogP contribution in [0.5, 0.6) is 0 Å². The van der Waals surface area contributed by atoms with Gasteiger partial charge in [0.25, 0.3) is 11.5 Å². The molecule has 0 bridgehead atoms. The third-order valence-electron chi connectivity index (χ3n) is 6.13. The van der Waals surface area contributed by atoms with Gasteiger partial charge in [0.15, 0.2) is 0 Å². The van der Waals surface area contributed by atoms with Crippen LogP contribution in [0.15, 0.2) is 9.70 Å². The lowest BCUT2D eigenvalue weighted by molar-refractivity contribution is -0.122. The van der Waals surface area contributed by atoms with Crippen LogP contribution in [0.3, 0.4) is 0 Å². The number of piperidine rings is 1. The van der Waals surface area contributed by atoms with E-state index in [4.69, 9.17) is 12.2 Å². The van der Waals surface area contributed by atoms with E-state index in [-0.39, 0.29) is 17.0 Å². The number of unbranched alkanes of at least 4 members (excludes halogenated alkanes) is 1. The number of hydrogen-bond acceptors (Lipinski definition) is 6. The molecule has 1 atom stereocenters. The molecule has 0 aliphatic carbocycles. The van der Waals surface area contributed by atoms with Crippen LogP contribution in [-0.2, 0) is 11.3 Å². The number of nitriles is 1. The number of amides is 1. The molecule has 0 aromatic carbocycles. The van der Waals surface area contributed by atoms with E-state index in [0.29, 0.717) is 33.8 Å². The highest BCUT2D eigenvalue weighted by molar-refractivity contribution is 8.26. The van der Waals surface area contributed by atoms with Crippen molar-refractivity contribution in [3.05, 3.63) is 31.9 Å². The fraction of sp³-hybridized carbons (Fsp3) is 0.583. The van der Waals surface area contributed by atoms with Gasteiger partial charge in [0, 0.05) is 31.7 Å². The number of carbonyl (C=O) groups is 1. The van der Waals surface area contributed by atoms with Gasteiger partial charge in [0.1, 0.15) is 21.8 Å². The highest BCUT2D eigenvalue weighted by Crippen LogP contribution is 2.37. The molecule has 1 aromatic heterocycles. The van der Waals surface area contributed by atoms with Gasteiger partial charge in [-0.2, -0.15) is 5.26 Å². The van der Waals surface area contributed by atoms with E-state index in [2.05, 4.69) is 24.8 Å². The smallest absolute Gasteiger partial charge is 0.270 e. The van der Waals surface area contributed by atoms with Gasteiger partial charge < -0.3 is 4.90 Å². The largest absolute Gasteiger partial charge is 0.357 e. The summed E-state index contributed by atoms with van der Waals surface area (Å²) in [6.07, 6.45) is 6.74. The summed E-state index contributed by atoms with van der Waals surface area (Å²) >= 11 is 6.79. The van der Waals surface area contributed by atoms with E-state index in [9.17, 15) is 14.9 Å². The van der Waals surface area contributed by atoms with Crippen molar-refractivity contribution in [1.29, 1.82) is 5.26 Å². The molecule has 0 N–H and O–H groups in total. The van der Waals surface area contributed by atoms with Crippen molar-refractivity contribution < 1.29 is 4.79 Å². The molecule has 8 heteroatoms. The fourth-order valence-electron chi connectivity index (χ4n) is 4.44. The van der Waals surface area contributed by atoms with Crippen LogP contribution in [0, 0.1) is 24.2 Å². The molecule has 2 fully saturated rings. The lowest BCUT2D eigenvalue weighted by Gasteiger charge is -2.36. The topological polar surface area (TPSA) is 69.3 Å². The lowest BCUT2D eigenvalue weighted by Crippen LogP contribution is -2.40. The van der Waals surface area contributed by atoms with Gasteiger partial charge in [0.05, 0.1) is 4.91 Å². The van der Waals surface area contributed by atoms with Crippen molar-refractivity contribution in [2.45, 2.75) is 66.3 Å². The first-order chi connectivity index (χ1) is 15.3. The normalized spacial score (nSPS) is 20.3.